The second-order valence-corrected chi connectivity index (χ2v) is 7.15. The summed E-state index contributed by atoms with van der Waals surface area (Å²) in [4.78, 5) is 32.8. The second-order valence-electron chi connectivity index (χ2n) is 7.15. The Balaban J connectivity index is 1.40. The minimum atomic E-state index is -0.101. The van der Waals surface area contributed by atoms with E-state index in [1.807, 2.05) is 31.3 Å². The van der Waals surface area contributed by atoms with E-state index in [2.05, 4.69) is 35.8 Å². The largest absolute Gasteiger partial charge is 0.354 e. The zero-order valence-corrected chi connectivity index (χ0v) is 16.2. The summed E-state index contributed by atoms with van der Waals surface area (Å²) in [6.45, 7) is 8.41. The van der Waals surface area contributed by atoms with Gasteiger partial charge in [-0.3, -0.25) is 14.7 Å². The summed E-state index contributed by atoms with van der Waals surface area (Å²) in [6, 6.07) is 8.07. The smallest absolute Gasteiger partial charge is 0.254 e. The first kappa shape index (κ1) is 18.3. The molecule has 1 aliphatic heterocycles. The number of pyridine rings is 2. The van der Waals surface area contributed by atoms with Gasteiger partial charge < -0.3 is 9.88 Å². The molecular weight excluding hydrogens is 352 g/mol. The van der Waals surface area contributed by atoms with Gasteiger partial charge in [-0.2, -0.15) is 0 Å². The molecule has 0 radical (unpaired) electrons. The number of aromatic nitrogens is 4. The van der Waals surface area contributed by atoms with Crippen molar-refractivity contribution < 1.29 is 0 Å². The molecule has 1 N–H and O–H groups in total. The lowest BCUT2D eigenvalue weighted by molar-refractivity contribution is 0.249. The van der Waals surface area contributed by atoms with Crippen LogP contribution < -0.4 is 10.5 Å². The first-order chi connectivity index (χ1) is 13.6. The van der Waals surface area contributed by atoms with E-state index in [1.54, 1.807) is 19.3 Å². The van der Waals surface area contributed by atoms with Gasteiger partial charge in [0.15, 0.2) is 0 Å². The molecule has 1 saturated heterocycles. The SMILES string of the molecule is Cc1nc(-c2ccc(N3CCN(Cc4cccnc4)CC3)nc2)[nH]c(=O)c1C. The number of nitrogens with one attached hydrogen (secondary N) is 1. The molecular formula is C21H24N6O. The van der Waals surface area contributed by atoms with E-state index in [1.165, 1.54) is 5.56 Å². The van der Waals surface area contributed by atoms with Crippen molar-refractivity contribution in [2.45, 2.75) is 20.4 Å². The standard InChI is InChI=1S/C21H24N6O/c1-15-16(2)24-20(25-21(15)28)18-5-6-19(23-13-18)27-10-8-26(9-11-27)14-17-4-3-7-22-12-17/h3-7,12-13H,8-11,14H2,1-2H3,(H,24,25,28). The third-order valence-corrected chi connectivity index (χ3v) is 5.24. The van der Waals surface area contributed by atoms with Gasteiger partial charge in [0.25, 0.3) is 5.56 Å². The molecule has 144 valence electrons. The van der Waals surface area contributed by atoms with Crippen molar-refractivity contribution >= 4 is 5.82 Å². The average Bonchev–Trinajstić information content (AvgIpc) is 2.73. The topological polar surface area (TPSA) is 78.0 Å². The van der Waals surface area contributed by atoms with Gasteiger partial charge in [0.1, 0.15) is 11.6 Å². The van der Waals surface area contributed by atoms with E-state index in [9.17, 15) is 4.79 Å². The van der Waals surface area contributed by atoms with E-state index in [0.29, 0.717) is 11.4 Å². The molecule has 4 heterocycles. The van der Waals surface area contributed by atoms with E-state index in [0.717, 1.165) is 49.8 Å². The fraction of sp³-hybridized carbons (Fsp3) is 0.333. The first-order valence-corrected chi connectivity index (χ1v) is 9.50. The molecule has 3 aromatic heterocycles. The number of aromatic amines is 1. The third-order valence-electron chi connectivity index (χ3n) is 5.24. The molecule has 7 heteroatoms. The molecule has 0 unspecified atom stereocenters. The number of H-pyrrole nitrogens is 1. The van der Waals surface area contributed by atoms with Crippen LogP contribution in [0.3, 0.4) is 0 Å². The number of anilines is 1. The maximum Gasteiger partial charge on any atom is 0.254 e. The molecule has 0 saturated carbocycles. The number of piperazine rings is 1. The summed E-state index contributed by atoms with van der Waals surface area (Å²) >= 11 is 0. The molecule has 28 heavy (non-hydrogen) atoms. The molecule has 0 aromatic carbocycles. The van der Waals surface area contributed by atoms with Crippen molar-refractivity contribution in [3.63, 3.8) is 0 Å². The zero-order chi connectivity index (χ0) is 19.5. The van der Waals surface area contributed by atoms with Crippen LogP contribution in [-0.4, -0.2) is 51.0 Å². The number of rotatable bonds is 4. The Hall–Kier alpha value is -3.06. The molecule has 3 aromatic rings. The van der Waals surface area contributed by atoms with Crippen LogP contribution in [0, 0.1) is 13.8 Å². The number of aryl methyl sites for hydroxylation is 1. The van der Waals surface area contributed by atoms with Crippen molar-refractivity contribution in [1.82, 2.24) is 24.8 Å². The second kappa shape index (κ2) is 7.90. The fourth-order valence-corrected chi connectivity index (χ4v) is 3.38. The highest BCUT2D eigenvalue weighted by Crippen LogP contribution is 2.19. The summed E-state index contributed by atoms with van der Waals surface area (Å²) in [5.41, 5.74) is 3.36. The van der Waals surface area contributed by atoms with Crippen LogP contribution in [-0.2, 0) is 6.54 Å². The van der Waals surface area contributed by atoms with Crippen LogP contribution in [0.15, 0.2) is 47.7 Å². The average molecular weight is 376 g/mol. The molecule has 0 bridgehead atoms. The van der Waals surface area contributed by atoms with Crippen molar-refractivity contribution in [3.05, 3.63) is 70.0 Å². The Morgan fingerprint density at radius 3 is 2.54 bits per heavy atom. The Morgan fingerprint density at radius 2 is 1.89 bits per heavy atom. The lowest BCUT2D eigenvalue weighted by Gasteiger charge is -2.35. The summed E-state index contributed by atoms with van der Waals surface area (Å²) < 4.78 is 0. The van der Waals surface area contributed by atoms with Crippen LogP contribution in [0.1, 0.15) is 16.8 Å². The summed E-state index contributed by atoms with van der Waals surface area (Å²) in [7, 11) is 0. The monoisotopic (exact) mass is 376 g/mol. The van der Waals surface area contributed by atoms with Crippen molar-refractivity contribution in [2.24, 2.45) is 0 Å². The molecule has 0 spiro atoms. The van der Waals surface area contributed by atoms with E-state index < -0.39 is 0 Å². The Bertz CT molecular complexity index is 992. The molecule has 0 amide bonds. The van der Waals surface area contributed by atoms with Crippen molar-refractivity contribution in [2.75, 3.05) is 31.1 Å². The van der Waals surface area contributed by atoms with Gasteiger partial charge in [-0.05, 0) is 37.6 Å². The van der Waals surface area contributed by atoms with Gasteiger partial charge in [0.05, 0.1) is 0 Å². The Labute approximate surface area is 164 Å². The normalized spacial score (nSPS) is 15.0. The highest BCUT2D eigenvalue weighted by Gasteiger charge is 2.18. The van der Waals surface area contributed by atoms with Gasteiger partial charge in [-0.25, -0.2) is 9.97 Å². The lowest BCUT2D eigenvalue weighted by atomic mass is 10.2. The van der Waals surface area contributed by atoms with E-state index in [-0.39, 0.29) is 5.56 Å². The molecule has 7 nitrogen and oxygen atoms in total. The fourth-order valence-electron chi connectivity index (χ4n) is 3.38. The predicted molar refractivity (Wildman–Crippen MR) is 109 cm³/mol. The van der Waals surface area contributed by atoms with Crippen LogP contribution >= 0.6 is 0 Å². The van der Waals surface area contributed by atoms with Crippen LogP contribution in [0.25, 0.3) is 11.4 Å². The zero-order valence-electron chi connectivity index (χ0n) is 16.2. The number of hydrogen-bond acceptors (Lipinski definition) is 6. The third kappa shape index (κ3) is 3.94. The number of nitrogens with zero attached hydrogens (tertiary/aromatic N) is 5. The predicted octanol–water partition coefficient (Wildman–Crippen LogP) is 2.17. The van der Waals surface area contributed by atoms with Gasteiger partial charge in [-0.1, -0.05) is 6.07 Å². The van der Waals surface area contributed by atoms with Gasteiger partial charge >= 0.3 is 0 Å². The maximum absolute atomic E-state index is 12.0. The van der Waals surface area contributed by atoms with Crippen molar-refractivity contribution in [1.29, 1.82) is 0 Å². The molecule has 1 aliphatic rings. The molecule has 4 rings (SSSR count). The highest BCUT2D eigenvalue weighted by atomic mass is 16.1. The highest BCUT2D eigenvalue weighted by molar-refractivity contribution is 5.56. The van der Waals surface area contributed by atoms with Crippen LogP contribution in [0.2, 0.25) is 0 Å². The maximum atomic E-state index is 12.0. The van der Waals surface area contributed by atoms with Crippen molar-refractivity contribution in [3.8, 4) is 11.4 Å². The summed E-state index contributed by atoms with van der Waals surface area (Å²) in [6.07, 6.45) is 5.52. The van der Waals surface area contributed by atoms with Crippen LogP contribution in [0.4, 0.5) is 5.82 Å². The molecule has 0 aliphatic carbocycles. The Kier molecular flexibility index (Phi) is 5.16. The Morgan fingerprint density at radius 1 is 1.07 bits per heavy atom. The molecule has 0 atom stereocenters. The quantitative estimate of drug-likeness (QED) is 0.752. The van der Waals surface area contributed by atoms with Crippen LogP contribution in [0.5, 0.6) is 0 Å². The minimum absolute atomic E-state index is 0.101. The minimum Gasteiger partial charge on any atom is -0.354 e. The summed E-state index contributed by atoms with van der Waals surface area (Å²) in [5, 5.41) is 0. The van der Waals surface area contributed by atoms with E-state index >= 15 is 0 Å². The number of hydrogen-bond donors (Lipinski definition) is 1. The van der Waals surface area contributed by atoms with Gasteiger partial charge in [0, 0.05) is 68.1 Å². The van der Waals surface area contributed by atoms with E-state index in [4.69, 9.17) is 0 Å². The first-order valence-electron chi connectivity index (χ1n) is 9.50. The van der Waals surface area contributed by atoms with Gasteiger partial charge in [0.2, 0.25) is 0 Å². The van der Waals surface area contributed by atoms with Gasteiger partial charge in [-0.15, -0.1) is 0 Å². The summed E-state index contributed by atoms with van der Waals surface area (Å²) in [5.74, 6) is 1.52. The molecule has 1 fully saturated rings. The lowest BCUT2D eigenvalue weighted by Crippen LogP contribution is -2.46.